The van der Waals surface area contributed by atoms with Gasteiger partial charge < -0.3 is 5.32 Å². The van der Waals surface area contributed by atoms with Gasteiger partial charge in [0.2, 0.25) is 0 Å². The zero-order valence-corrected chi connectivity index (χ0v) is 11.2. The van der Waals surface area contributed by atoms with E-state index in [1.165, 1.54) is 16.8 Å². The van der Waals surface area contributed by atoms with Gasteiger partial charge in [-0.25, -0.2) is 0 Å². The Labute approximate surface area is 108 Å². The van der Waals surface area contributed by atoms with E-state index in [1.54, 1.807) is 0 Å². The predicted molar refractivity (Wildman–Crippen MR) is 72.3 cm³/mol. The highest BCUT2D eigenvalue weighted by Gasteiger charge is 2.16. The molecular weight excluding hydrogens is 224 g/mol. The summed E-state index contributed by atoms with van der Waals surface area (Å²) >= 11 is 0. The van der Waals surface area contributed by atoms with E-state index in [-0.39, 0.29) is 0 Å². The van der Waals surface area contributed by atoms with E-state index in [1.807, 2.05) is 31.2 Å². The van der Waals surface area contributed by atoms with Crippen LogP contribution in [0.5, 0.6) is 0 Å². The maximum absolute atomic E-state index is 4.50. The van der Waals surface area contributed by atoms with Crippen molar-refractivity contribution in [1.29, 1.82) is 0 Å². The van der Waals surface area contributed by atoms with E-state index < -0.39 is 0 Å². The largest absolute Gasteiger partial charge is 0.313 e. The van der Waals surface area contributed by atoms with Crippen molar-refractivity contribution in [1.82, 2.24) is 20.1 Å². The number of aromatic nitrogens is 3. The summed E-state index contributed by atoms with van der Waals surface area (Å²) in [6.07, 6.45) is 7.71. The highest BCUT2D eigenvalue weighted by molar-refractivity contribution is 5.24. The topological polar surface area (TPSA) is 42.7 Å². The first-order valence-corrected chi connectivity index (χ1v) is 6.33. The highest BCUT2D eigenvalue weighted by atomic mass is 15.3. The SMILES string of the molecule is CCc1nn(C)cc1C(Cc1ccncc1)NC. The Morgan fingerprint density at radius 1 is 1.33 bits per heavy atom. The van der Waals surface area contributed by atoms with Crippen molar-refractivity contribution in [3.8, 4) is 0 Å². The fourth-order valence-corrected chi connectivity index (χ4v) is 2.24. The minimum atomic E-state index is 0.302. The maximum Gasteiger partial charge on any atom is 0.0669 e. The first-order chi connectivity index (χ1) is 8.74. The van der Waals surface area contributed by atoms with E-state index in [2.05, 4.69) is 40.7 Å². The minimum Gasteiger partial charge on any atom is -0.313 e. The molecule has 0 aromatic carbocycles. The normalized spacial score (nSPS) is 12.6. The second-order valence-corrected chi connectivity index (χ2v) is 4.46. The fourth-order valence-electron chi connectivity index (χ4n) is 2.24. The summed E-state index contributed by atoms with van der Waals surface area (Å²) in [6.45, 7) is 2.14. The molecule has 0 radical (unpaired) electrons. The van der Waals surface area contributed by atoms with Crippen molar-refractivity contribution in [2.75, 3.05) is 7.05 Å². The van der Waals surface area contributed by atoms with Crippen LogP contribution in [0.15, 0.2) is 30.7 Å². The van der Waals surface area contributed by atoms with Crippen molar-refractivity contribution in [3.05, 3.63) is 47.5 Å². The molecule has 0 aliphatic heterocycles. The minimum absolute atomic E-state index is 0.302. The Bertz CT molecular complexity index is 490. The molecule has 2 aromatic heterocycles. The molecule has 0 aliphatic rings. The van der Waals surface area contributed by atoms with Crippen molar-refractivity contribution in [2.45, 2.75) is 25.8 Å². The lowest BCUT2D eigenvalue weighted by Crippen LogP contribution is -2.19. The molecule has 1 atom stereocenters. The van der Waals surface area contributed by atoms with Gasteiger partial charge in [0.1, 0.15) is 0 Å². The van der Waals surface area contributed by atoms with E-state index >= 15 is 0 Å². The van der Waals surface area contributed by atoms with E-state index in [0.29, 0.717) is 6.04 Å². The van der Waals surface area contributed by atoms with Crippen molar-refractivity contribution in [2.24, 2.45) is 7.05 Å². The molecule has 0 spiro atoms. The number of nitrogens with zero attached hydrogens (tertiary/aromatic N) is 3. The molecular formula is C14H20N4. The molecule has 2 rings (SSSR count). The Kier molecular flexibility index (Phi) is 4.10. The molecule has 0 amide bonds. The van der Waals surface area contributed by atoms with Gasteiger partial charge in [-0.1, -0.05) is 6.92 Å². The van der Waals surface area contributed by atoms with Gasteiger partial charge in [-0.15, -0.1) is 0 Å². The summed E-state index contributed by atoms with van der Waals surface area (Å²) in [5, 5.41) is 7.89. The van der Waals surface area contributed by atoms with Gasteiger partial charge in [-0.05, 0) is 37.6 Å². The molecule has 4 heteroatoms. The maximum atomic E-state index is 4.50. The van der Waals surface area contributed by atoms with Gasteiger partial charge in [0.25, 0.3) is 0 Å². The van der Waals surface area contributed by atoms with Crippen LogP contribution in [0.2, 0.25) is 0 Å². The zero-order valence-electron chi connectivity index (χ0n) is 11.2. The Hall–Kier alpha value is -1.68. The van der Waals surface area contributed by atoms with Crippen LogP contribution in [0.1, 0.15) is 29.8 Å². The Balaban J connectivity index is 2.22. The zero-order chi connectivity index (χ0) is 13.0. The number of rotatable bonds is 5. The second kappa shape index (κ2) is 5.78. The van der Waals surface area contributed by atoms with Crippen molar-refractivity contribution in [3.63, 3.8) is 0 Å². The van der Waals surface area contributed by atoms with Gasteiger partial charge in [0.05, 0.1) is 5.69 Å². The van der Waals surface area contributed by atoms with E-state index in [4.69, 9.17) is 0 Å². The lowest BCUT2D eigenvalue weighted by Gasteiger charge is -2.16. The van der Waals surface area contributed by atoms with Crippen LogP contribution in [0, 0.1) is 0 Å². The van der Waals surface area contributed by atoms with Crippen LogP contribution in [-0.4, -0.2) is 21.8 Å². The predicted octanol–water partition coefficient (Wildman–Crippen LogP) is 1.88. The quantitative estimate of drug-likeness (QED) is 0.873. The molecule has 2 heterocycles. The molecule has 0 fully saturated rings. The standard InChI is InChI=1S/C14H20N4/c1-4-13-12(10-18(3)17-13)14(15-2)9-11-5-7-16-8-6-11/h5-8,10,14-15H,4,9H2,1-3H3. The molecule has 2 aromatic rings. The van der Waals surface area contributed by atoms with Gasteiger partial charge in [0.15, 0.2) is 0 Å². The first kappa shape index (κ1) is 12.8. The summed E-state index contributed by atoms with van der Waals surface area (Å²) in [6, 6.07) is 4.43. The van der Waals surface area contributed by atoms with Gasteiger partial charge in [-0.2, -0.15) is 5.10 Å². The molecule has 4 nitrogen and oxygen atoms in total. The molecule has 0 saturated heterocycles. The third-order valence-electron chi connectivity index (χ3n) is 3.19. The number of likely N-dealkylation sites (N-methyl/N-ethyl adjacent to an activating group) is 1. The Morgan fingerprint density at radius 2 is 2.06 bits per heavy atom. The fraction of sp³-hybridized carbons (Fsp3) is 0.429. The van der Waals surface area contributed by atoms with E-state index in [0.717, 1.165) is 12.8 Å². The summed E-state index contributed by atoms with van der Waals surface area (Å²) in [5.74, 6) is 0. The molecule has 1 N–H and O–H groups in total. The smallest absolute Gasteiger partial charge is 0.0669 e. The molecule has 96 valence electrons. The van der Waals surface area contributed by atoms with Crippen LogP contribution in [0.25, 0.3) is 0 Å². The number of nitrogens with one attached hydrogen (secondary N) is 1. The average Bonchev–Trinajstić information content (AvgIpc) is 2.78. The van der Waals surface area contributed by atoms with Crippen molar-refractivity contribution >= 4 is 0 Å². The van der Waals surface area contributed by atoms with Crippen LogP contribution >= 0.6 is 0 Å². The third kappa shape index (κ3) is 2.76. The average molecular weight is 244 g/mol. The number of aryl methyl sites for hydroxylation is 2. The number of pyridine rings is 1. The van der Waals surface area contributed by atoms with Gasteiger partial charge in [0, 0.05) is 37.2 Å². The van der Waals surface area contributed by atoms with Gasteiger partial charge in [-0.3, -0.25) is 9.67 Å². The van der Waals surface area contributed by atoms with E-state index in [9.17, 15) is 0 Å². The second-order valence-electron chi connectivity index (χ2n) is 4.46. The molecule has 0 saturated carbocycles. The summed E-state index contributed by atoms with van der Waals surface area (Å²) in [4.78, 5) is 4.05. The molecule has 0 aliphatic carbocycles. The lowest BCUT2D eigenvalue weighted by molar-refractivity contribution is 0.586. The summed E-state index contributed by atoms with van der Waals surface area (Å²) in [5.41, 5.74) is 3.75. The van der Waals surface area contributed by atoms with Crippen LogP contribution in [0.4, 0.5) is 0 Å². The Morgan fingerprint density at radius 3 is 2.67 bits per heavy atom. The summed E-state index contributed by atoms with van der Waals surface area (Å²) < 4.78 is 1.89. The first-order valence-electron chi connectivity index (χ1n) is 6.33. The van der Waals surface area contributed by atoms with Crippen LogP contribution in [0.3, 0.4) is 0 Å². The number of hydrogen-bond acceptors (Lipinski definition) is 3. The summed E-state index contributed by atoms with van der Waals surface area (Å²) in [7, 11) is 3.97. The molecule has 18 heavy (non-hydrogen) atoms. The highest BCUT2D eigenvalue weighted by Crippen LogP contribution is 2.21. The monoisotopic (exact) mass is 244 g/mol. The van der Waals surface area contributed by atoms with Crippen LogP contribution < -0.4 is 5.32 Å². The lowest BCUT2D eigenvalue weighted by atomic mass is 9.99. The molecule has 1 unspecified atom stereocenters. The molecule has 0 bridgehead atoms. The van der Waals surface area contributed by atoms with Gasteiger partial charge >= 0.3 is 0 Å². The van der Waals surface area contributed by atoms with Crippen molar-refractivity contribution < 1.29 is 0 Å². The van der Waals surface area contributed by atoms with Crippen LogP contribution in [-0.2, 0) is 19.9 Å². The number of hydrogen-bond donors (Lipinski definition) is 1. The third-order valence-corrected chi connectivity index (χ3v) is 3.19.